The average Bonchev–Trinajstić information content (AvgIpc) is 2.45. The largest absolute Gasteiger partial charge is 0.355 e. The maximum absolute atomic E-state index is 12.0. The fourth-order valence-electron chi connectivity index (χ4n) is 1.87. The van der Waals surface area contributed by atoms with Gasteiger partial charge in [-0.2, -0.15) is 0 Å². The zero-order chi connectivity index (χ0) is 15.4. The molecule has 2 amide bonds. The van der Waals surface area contributed by atoms with Crippen LogP contribution in [-0.2, 0) is 9.59 Å². The number of halogens is 1. The maximum atomic E-state index is 12.0. The van der Waals surface area contributed by atoms with Crippen molar-refractivity contribution < 1.29 is 9.59 Å². The van der Waals surface area contributed by atoms with Crippen molar-refractivity contribution in [2.45, 2.75) is 29.5 Å². The van der Waals surface area contributed by atoms with E-state index in [2.05, 4.69) is 16.0 Å². The second-order valence-electron chi connectivity index (χ2n) is 4.93. The number of likely N-dealkylation sites (N-methyl/N-ethyl adjacent to an activating group) is 1. The number of hydrogen-bond donors (Lipinski definition) is 3. The smallest absolute Gasteiger partial charge is 0.238 e. The van der Waals surface area contributed by atoms with Gasteiger partial charge in [0.2, 0.25) is 11.8 Å². The first-order valence-corrected chi connectivity index (χ1v) is 7.96. The molecule has 0 aromatic heterocycles. The number of anilines is 1. The fourth-order valence-corrected chi connectivity index (χ4v) is 3.13. The zero-order valence-corrected chi connectivity index (χ0v) is 13.5. The van der Waals surface area contributed by atoms with Crippen LogP contribution in [0.1, 0.15) is 13.3 Å². The number of carbonyl (C=O) groups is 2. The SMILES string of the molecule is CNC(C)CNC(=O)CC1Sc2ccc(Cl)cc2NC1=O. The van der Waals surface area contributed by atoms with Gasteiger partial charge in [-0.3, -0.25) is 9.59 Å². The van der Waals surface area contributed by atoms with E-state index < -0.39 is 5.25 Å². The second-order valence-corrected chi connectivity index (χ2v) is 6.62. The lowest BCUT2D eigenvalue weighted by Crippen LogP contribution is -2.40. The lowest BCUT2D eigenvalue weighted by Gasteiger charge is -2.24. The standard InChI is InChI=1S/C14H18ClN3O2S/c1-8(16-2)7-17-13(19)6-12-14(20)18-10-5-9(15)3-4-11(10)21-12/h3-5,8,12,16H,6-7H2,1-2H3,(H,17,19)(H,18,20). The summed E-state index contributed by atoms with van der Waals surface area (Å²) in [5.74, 6) is -0.284. The Balaban J connectivity index is 1.94. The second kappa shape index (κ2) is 7.15. The van der Waals surface area contributed by atoms with E-state index in [0.29, 0.717) is 17.3 Å². The van der Waals surface area contributed by atoms with Gasteiger partial charge in [-0.15, -0.1) is 11.8 Å². The van der Waals surface area contributed by atoms with Gasteiger partial charge in [0, 0.05) is 28.9 Å². The molecule has 114 valence electrons. The minimum absolute atomic E-state index is 0.123. The summed E-state index contributed by atoms with van der Waals surface area (Å²) in [6, 6.07) is 5.55. The molecule has 0 aliphatic carbocycles. The number of thioether (sulfide) groups is 1. The van der Waals surface area contributed by atoms with Gasteiger partial charge in [-0.1, -0.05) is 11.6 Å². The summed E-state index contributed by atoms with van der Waals surface area (Å²) in [4.78, 5) is 24.9. The molecule has 0 bridgehead atoms. The van der Waals surface area contributed by atoms with E-state index in [-0.39, 0.29) is 24.3 Å². The van der Waals surface area contributed by atoms with Crippen LogP contribution in [-0.4, -0.2) is 36.7 Å². The quantitative estimate of drug-likeness (QED) is 0.772. The number of rotatable bonds is 5. The molecule has 0 saturated carbocycles. The zero-order valence-electron chi connectivity index (χ0n) is 11.9. The third-order valence-corrected chi connectivity index (χ3v) is 4.74. The molecule has 21 heavy (non-hydrogen) atoms. The Kier molecular flexibility index (Phi) is 5.50. The van der Waals surface area contributed by atoms with E-state index in [9.17, 15) is 9.59 Å². The summed E-state index contributed by atoms with van der Waals surface area (Å²) in [5, 5.41) is 8.82. The first-order valence-electron chi connectivity index (χ1n) is 6.70. The number of nitrogens with one attached hydrogen (secondary N) is 3. The number of benzene rings is 1. The van der Waals surface area contributed by atoms with Gasteiger partial charge < -0.3 is 16.0 Å². The number of fused-ring (bicyclic) bond motifs is 1. The third-order valence-electron chi connectivity index (χ3n) is 3.23. The van der Waals surface area contributed by atoms with Crippen molar-refractivity contribution in [3.8, 4) is 0 Å². The predicted molar refractivity (Wildman–Crippen MR) is 85.9 cm³/mol. The maximum Gasteiger partial charge on any atom is 0.238 e. The molecule has 0 spiro atoms. The topological polar surface area (TPSA) is 70.2 Å². The van der Waals surface area contributed by atoms with Crippen molar-refractivity contribution in [3.05, 3.63) is 23.2 Å². The molecule has 3 N–H and O–H groups in total. The molecule has 0 saturated heterocycles. The van der Waals surface area contributed by atoms with Crippen molar-refractivity contribution in [2.75, 3.05) is 18.9 Å². The molecule has 0 radical (unpaired) electrons. The first-order chi connectivity index (χ1) is 9.99. The van der Waals surface area contributed by atoms with Crippen LogP contribution in [0.4, 0.5) is 5.69 Å². The lowest BCUT2D eigenvalue weighted by molar-refractivity contribution is -0.124. The normalized spacial score (nSPS) is 18.6. The fraction of sp³-hybridized carbons (Fsp3) is 0.429. The summed E-state index contributed by atoms with van der Waals surface area (Å²) < 4.78 is 0. The molecule has 1 aliphatic rings. The van der Waals surface area contributed by atoms with Crippen molar-refractivity contribution >= 4 is 40.9 Å². The van der Waals surface area contributed by atoms with Crippen molar-refractivity contribution in [1.29, 1.82) is 0 Å². The van der Waals surface area contributed by atoms with Gasteiger partial charge in [0.15, 0.2) is 0 Å². The van der Waals surface area contributed by atoms with E-state index in [1.165, 1.54) is 11.8 Å². The summed E-state index contributed by atoms with van der Waals surface area (Å²) >= 11 is 7.29. The Hall–Kier alpha value is -1.24. The Bertz CT molecular complexity index is 553. The van der Waals surface area contributed by atoms with Crippen molar-refractivity contribution in [3.63, 3.8) is 0 Å². The van der Waals surface area contributed by atoms with E-state index in [1.807, 2.05) is 20.0 Å². The van der Waals surface area contributed by atoms with Crippen LogP contribution >= 0.6 is 23.4 Å². The summed E-state index contributed by atoms with van der Waals surface area (Å²) in [5.41, 5.74) is 0.706. The third kappa shape index (κ3) is 4.36. The Morgan fingerprint density at radius 3 is 3.00 bits per heavy atom. The highest BCUT2D eigenvalue weighted by Crippen LogP contribution is 2.38. The van der Waals surface area contributed by atoms with E-state index in [0.717, 1.165) is 4.90 Å². The van der Waals surface area contributed by atoms with Crippen LogP contribution in [0.2, 0.25) is 5.02 Å². The van der Waals surface area contributed by atoms with E-state index >= 15 is 0 Å². The average molecular weight is 328 g/mol. The number of amides is 2. The predicted octanol–water partition coefficient (Wildman–Crippen LogP) is 1.87. The van der Waals surface area contributed by atoms with Gasteiger partial charge in [0.05, 0.1) is 10.9 Å². The summed E-state index contributed by atoms with van der Waals surface area (Å²) in [7, 11) is 1.84. The minimum atomic E-state index is -0.413. The van der Waals surface area contributed by atoms with E-state index in [1.54, 1.807) is 12.1 Å². The monoisotopic (exact) mass is 327 g/mol. The Morgan fingerprint density at radius 2 is 2.29 bits per heavy atom. The highest BCUT2D eigenvalue weighted by molar-refractivity contribution is 8.01. The lowest BCUT2D eigenvalue weighted by atomic mass is 10.2. The molecule has 1 heterocycles. The van der Waals surface area contributed by atoms with Crippen molar-refractivity contribution in [2.24, 2.45) is 0 Å². The molecule has 1 aliphatic heterocycles. The van der Waals surface area contributed by atoms with Crippen LogP contribution in [0.5, 0.6) is 0 Å². The molecule has 2 rings (SSSR count). The summed E-state index contributed by atoms with van der Waals surface area (Å²) in [6.45, 7) is 2.52. The van der Waals surface area contributed by atoms with Crippen LogP contribution in [0.15, 0.2) is 23.1 Å². The van der Waals surface area contributed by atoms with Crippen LogP contribution in [0, 0.1) is 0 Å². The molecule has 1 aromatic rings. The van der Waals surface area contributed by atoms with Crippen LogP contribution < -0.4 is 16.0 Å². The van der Waals surface area contributed by atoms with Gasteiger partial charge in [-0.25, -0.2) is 0 Å². The van der Waals surface area contributed by atoms with Crippen LogP contribution in [0.3, 0.4) is 0 Å². The molecule has 0 fully saturated rings. The molecule has 5 nitrogen and oxygen atoms in total. The highest BCUT2D eigenvalue weighted by Gasteiger charge is 2.29. The number of carbonyl (C=O) groups excluding carboxylic acids is 2. The molecule has 1 aromatic carbocycles. The molecule has 2 unspecified atom stereocenters. The molecular formula is C14H18ClN3O2S. The Labute approximate surface area is 133 Å². The van der Waals surface area contributed by atoms with Gasteiger partial charge in [0.25, 0.3) is 0 Å². The Morgan fingerprint density at radius 1 is 1.52 bits per heavy atom. The molecule has 7 heteroatoms. The first kappa shape index (κ1) is 16.1. The van der Waals surface area contributed by atoms with E-state index in [4.69, 9.17) is 11.6 Å². The van der Waals surface area contributed by atoms with Crippen molar-refractivity contribution in [1.82, 2.24) is 10.6 Å². The van der Waals surface area contributed by atoms with Gasteiger partial charge in [0.1, 0.15) is 0 Å². The molecule has 2 atom stereocenters. The highest BCUT2D eigenvalue weighted by atomic mass is 35.5. The minimum Gasteiger partial charge on any atom is -0.355 e. The summed E-state index contributed by atoms with van der Waals surface area (Å²) in [6.07, 6.45) is 0.162. The van der Waals surface area contributed by atoms with Crippen LogP contribution in [0.25, 0.3) is 0 Å². The number of hydrogen-bond acceptors (Lipinski definition) is 4. The molecular weight excluding hydrogens is 310 g/mol. The van der Waals surface area contributed by atoms with Gasteiger partial charge >= 0.3 is 0 Å². The van der Waals surface area contributed by atoms with Gasteiger partial charge in [-0.05, 0) is 32.2 Å².